The molecule has 0 spiro atoms. The van der Waals surface area contributed by atoms with Crippen LogP contribution in [0, 0.1) is 0 Å². The minimum Gasteiger partial charge on any atom is -0.392 e. The van der Waals surface area contributed by atoms with Crippen LogP contribution in [0.25, 0.3) is 22.5 Å². The molecule has 5 aromatic heterocycles. The van der Waals surface area contributed by atoms with Crippen LogP contribution in [0.15, 0.2) is 70.9 Å². The molecule has 1 aliphatic carbocycles. The third-order valence-corrected chi connectivity index (χ3v) is 10.3. The molecule has 0 saturated carbocycles. The number of fused-ring (bicyclic) bond motifs is 3. The fourth-order valence-electron chi connectivity index (χ4n) is 7.66. The van der Waals surface area contributed by atoms with E-state index in [9.17, 15) is 14.7 Å². The first-order valence-electron chi connectivity index (χ1n) is 16.7. The van der Waals surface area contributed by atoms with Gasteiger partial charge in [-0.3, -0.25) is 19.1 Å². The van der Waals surface area contributed by atoms with E-state index in [1.165, 1.54) is 20.4 Å². The first kappa shape index (κ1) is 30.5. The predicted molar refractivity (Wildman–Crippen MR) is 185 cm³/mol. The lowest BCUT2D eigenvalue weighted by molar-refractivity contribution is -0.0828. The Balaban J connectivity index is 1.08. The largest absolute Gasteiger partial charge is 0.392 e. The molecule has 2 aliphatic heterocycles. The summed E-state index contributed by atoms with van der Waals surface area (Å²) in [6.45, 7) is 7.67. The zero-order chi connectivity index (χ0) is 33.1. The highest BCUT2D eigenvalue weighted by Gasteiger charge is 2.36. The van der Waals surface area contributed by atoms with Gasteiger partial charge in [-0.05, 0) is 74.6 Å². The number of ether oxygens (including phenoxy) is 1. The summed E-state index contributed by atoms with van der Waals surface area (Å²) in [6.07, 6.45) is 11.8. The lowest BCUT2D eigenvalue weighted by Gasteiger charge is -2.50. The van der Waals surface area contributed by atoms with Crippen LogP contribution in [0.1, 0.15) is 37.1 Å². The molecule has 2 fully saturated rings. The Morgan fingerprint density at radius 2 is 1.85 bits per heavy atom. The topological polar surface area (TPSA) is 122 Å². The summed E-state index contributed by atoms with van der Waals surface area (Å²) in [5.74, 6) is 0.908. The van der Waals surface area contributed by atoms with E-state index in [-0.39, 0.29) is 17.7 Å². The third kappa shape index (κ3) is 5.11. The van der Waals surface area contributed by atoms with Gasteiger partial charge in [0.2, 0.25) is 0 Å². The molecule has 0 unspecified atom stereocenters. The summed E-state index contributed by atoms with van der Waals surface area (Å²) >= 11 is 0. The fourth-order valence-corrected chi connectivity index (χ4v) is 7.66. The van der Waals surface area contributed by atoms with E-state index in [2.05, 4.69) is 38.9 Å². The van der Waals surface area contributed by atoms with Crippen LogP contribution in [0.5, 0.6) is 0 Å². The molecular formula is C36H40N8O4. The van der Waals surface area contributed by atoms with Crippen LogP contribution in [0.2, 0.25) is 0 Å². The average Bonchev–Trinajstić information content (AvgIpc) is 3.67. The molecular weight excluding hydrogens is 608 g/mol. The van der Waals surface area contributed by atoms with Crippen molar-refractivity contribution < 1.29 is 9.84 Å². The van der Waals surface area contributed by atoms with Gasteiger partial charge in [-0.1, -0.05) is 0 Å². The maximum atomic E-state index is 13.7. The van der Waals surface area contributed by atoms with Crippen molar-refractivity contribution in [3.05, 3.63) is 98.8 Å². The Morgan fingerprint density at radius 3 is 2.60 bits per heavy atom. The molecule has 248 valence electrons. The van der Waals surface area contributed by atoms with Crippen LogP contribution in [-0.4, -0.2) is 77.9 Å². The minimum absolute atomic E-state index is 0.192. The van der Waals surface area contributed by atoms with E-state index in [1.54, 1.807) is 37.8 Å². The Labute approximate surface area is 277 Å². The number of hydrogen-bond acceptors (Lipinski definition) is 9. The second-order valence-electron chi connectivity index (χ2n) is 13.3. The van der Waals surface area contributed by atoms with Crippen LogP contribution in [-0.2, 0) is 31.2 Å². The number of aromatic nitrogens is 5. The minimum atomic E-state index is -0.345. The van der Waals surface area contributed by atoms with Crippen LogP contribution < -0.4 is 21.3 Å². The predicted octanol–water partition coefficient (Wildman–Crippen LogP) is 3.27. The molecule has 12 heteroatoms. The van der Waals surface area contributed by atoms with Crippen molar-refractivity contribution in [2.45, 2.75) is 57.8 Å². The maximum Gasteiger partial charge on any atom is 0.280 e. The number of nitrogens with zero attached hydrogens (tertiary/aromatic N) is 7. The highest BCUT2D eigenvalue weighted by atomic mass is 16.5. The molecule has 0 radical (unpaired) electrons. The van der Waals surface area contributed by atoms with E-state index >= 15 is 0 Å². The average molecular weight is 649 g/mol. The number of piperazine rings is 1. The summed E-state index contributed by atoms with van der Waals surface area (Å²) in [5.41, 5.74) is 5.83. The monoisotopic (exact) mass is 648 g/mol. The quantitative estimate of drug-likeness (QED) is 0.274. The van der Waals surface area contributed by atoms with E-state index in [1.807, 2.05) is 35.0 Å². The number of aryl methyl sites for hydroxylation is 3. The van der Waals surface area contributed by atoms with Crippen molar-refractivity contribution in [2.24, 2.45) is 7.05 Å². The van der Waals surface area contributed by atoms with E-state index in [4.69, 9.17) is 4.74 Å². The van der Waals surface area contributed by atoms with Gasteiger partial charge < -0.3 is 29.0 Å². The van der Waals surface area contributed by atoms with Gasteiger partial charge in [0.15, 0.2) is 0 Å². The third-order valence-electron chi connectivity index (χ3n) is 10.3. The SMILES string of the molecule is C[C@@H]1CN(c2ccc(Nc3cc(-c4ccnc(-n5ccn6c7c(cc6c5=O)CCC7)c4CO)cn(C)c3=O)nc2)[C@@H](C)CN1C1COC1. The van der Waals surface area contributed by atoms with Gasteiger partial charge in [0.05, 0.1) is 37.7 Å². The van der Waals surface area contributed by atoms with Gasteiger partial charge in [-0.15, -0.1) is 0 Å². The molecule has 0 bridgehead atoms. The van der Waals surface area contributed by atoms with Gasteiger partial charge in [0.25, 0.3) is 11.1 Å². The van der Waals surface area contributed by atoms with Crippen molar-refractivity contribution in [1.82, 2.24) is 28.4 Å². The van der Waals surface area contributed by atoms with Gasteiger partial charge in [0, 0.05) is 73.8 Å². The van der Waals surface area contributed by atoms with Crippen molar-refractivity contribution >= 4 is 22.7 Å². The number of anilines is 3. The first-order valence-corrected chi connectivity index (χ1v) is 16.7. The highest BCUT2D eigenvalue weighted by Crippen LogP contribution is 2.31. The Hall–Kier alpha value is -4.78. The molecule has 3 aliphatic rings. The second-order valence-corrected chi connectivity index (χ2v) is 13.3. The molecule has 0 amide bonds. The fraction of sp³-hybridized carbons (Fsp3) is 0.389. The number of aliphatic hydroxyl groups excluding tert-OH is 1. The molecule has 7 heterocycles. The summed E-state index contributed by atoms with van der Waals surface area (Å²) in [4.78, 5) is 41.1. The number of aliphatic hydroxyl groups is 1. The van der Waals surface area contributed by atoms with Gasteiger partial charge in [0.1, 0.15) is 22.8 Å². The standard InChI is InChI=1S/C36H40N8O4/c1-22-17-44(27-20-48-21-27)23(2)16-43(22)26-7-8-33(38-15-26)39-30-13-25(18-40(3)35(30)46)28-9-10-37-34(29(28)19-45)42-12-11-41-31-6-4-5-24(31)14-32(41)36(42)47/h7-15,18,22-23,27,45H,4-6,16-17,19-21H2,1-3H3,(H,38,39)/t22-,23+/m0/s1. The molecule has 48 heavy (non-hydrogen) atoms. The van der Waals surface area contributed by atoms with E-state index in [0.29, 0.717) is 57.7 Å². The molecule has 8 rings (SSSR count). The highest BCUT2D eigenvalue weighted by molar-refractivity contribution is 5.73. The van der Waals surface area contributed by atoms with Gasteiger partial charge >= 0.3 is 0 Å². The number of hydrogen-bond donors (Lipinski definition) is 2. The van der Waals surface area contributed by atoms with Crippen molar-refractivity contribution in [3.63, 3.8) is 0 Å². The number of nitrogens with one attached hydrogen (secondary N) is 1. The van der Waals surface area contributed by atoms with Crippen LogP contribution in [0.4, 0.5) is 17.2 Å². The lowest BCUT2D eigenvalue weighted by Crippen LogP contribution is -2.63. The van der Waals surface area contributed by atoms with E-state index < -0.39 is 0 Å². The Morgan fingerprint density at radius 1 is 1.00 bits per heavy atom. The first-order chi connectivity index (χ1) is 23.3. The molecule has 12 nitrogen and oxygen atoms in total. The molecule has 0 aromatic carbocycles. The van der Waals surface area contributed by atoms with Crippen molar-refractivity contribution in [2.75, 3.05) is 36.5 Å². The van der Waals surface area contributed by atoms with Crippen LogP contribution >= 0.6 is 0 Å². The Kier molecular flexibility index (Phi) is 7.66. The van der Waals surface area contributed by atoms with Crippen molar-refractivity contribution in [1.29, 1.82) is 0 Å². The summed E-state index contributed by atoms with van der Waals surface area (Å²) in [7, 11) is 1.69. The normalized spacial score (nSPS) is 19.9. The zero-order valence-electron chi connectivity index (χ0n) is 27.5. The number of rotatable bonds is 7. The summed E-state index contributed by atoms with van der Waals surface area (Å²) < 4.78 is 10.4. The van der Waals surface area contributed by atoms with Crippen molar-refractivity contribution in [3.8, 4) is 16.9 Å². The van der Waals surface area contributed by atoms with Gasteiger partial charge in [-0.25, -0.2) is 9.97 Å². The number of pyridine rings is 3. The summed E-state index contributed by atoms with van der Waals surface area (Å²) in [6, 6.07) is 10.7. The lowest BCUT2D eigenvalue weighted by atomic mass is 10.0. The second kappa shape index (κ2) is 12.0. The molecule has 5 aromatic rings. The van der Waals surface area contributed by atoms with Gasteiger partial charge in [-0.2, -0.15) is 0 Å². The van der Waals surface area contributed by atoms with E-state index in [0.717, 1.165) is 51.3 Å². The Bertz CT molecular complexity index is 2130. The maximum absolute atomic E-state index is 13.7. The molecule has 2 N–H and O–H groups in total. The smallest absolute Gasteiger partial charge is 0.280 e. The molecule has 2 saturated heterocycles. The zero-order valence-corrected chi connectivity index (χ0v) is 27.5. The van der Waals surface area contributed by atoms with Crippen LogP contribution in [0.3, 0.4) is 0 Å². The molecule has 2 atom stereocenters. The summed E-state index contributed by atoms with van der Waals surface area (Å²) in [5, 5.41) is 13.8.